The van der Waals surface area contributed by atoms with Crippen LogP contribution in [0.25, 0.3) is 0 Å². The van der Waals surface area contributed by atoms with Crippen molar-refractivity contribution >= 4 is 35.8 Å². The van der Waals surface area contributed by atoms with Gasteiger partial charge in [-0.1, -0.05) is 6.92 Å². The summed E-state index contributed by atoms with van der Waals surface area (Å²) in [6, 6.07) is -0.380. The van der Waals surface area contributed by atoms with Gasteiger partial charge in [-0.15, -0.1) is 0 Å². The van der Waals surface area contributed by atoms with Crippen molar-refractivity contribution in [2.45, 2.75) is 65.0 Å². The first-order valence-electron chi connectivity index (χ1n) is 11.2. The second-order valence-electron chi connectivity index (χ2n) is 8.36. The highest BCUT2D eigenvalue weighted by atomic mass is 16.6. The number of likely N-dealkylation sites (N-methyl/N-ethyl adjacent to an activating group) is 1. The molecular weight excluding hydrogens is 500 g/mol. The van der Waals surface area contributed by atoms with Gasteiger partial charge in [-0.2, -0.15) is 0 Å². The summed E-state index contributed by atoms with van der Waals surface area (Å²) in [5, 5.41) is 52.8. The van der Waals surface area contributed by atoms with Gasteiger partial charge < -0.3 is 50.0 Å². The third-order valence-corrected chi connectivity index (χ3v) is 3.62. The van der Waals surface area contributed by atoms with E-state index in [-0.39, 0.29) is 25.5 Å². The van der Waals surface area contributed by atoms with Gasteiger partial charge in [-0.05, 0) is 25.8 Å². The number of rotatable bonds is 9. The third-order valence-electron chi connectivity index (χ3n) is 3.62. The van der Waals surface area contributed by atoms with Gasteiger partial charge in [0, 0.05) is 19.9 Å². The molecule has 0 aliphatic carbocycles. The number of aliphatic hydroxyl groups excluding tert-OH is 1. The van der Waals surface area contributed by atoms with Gasteiger partial charge in [0.15, 0.2) is 6.10 Å². The fraction of sp³-hybridized carbons (Fsp3) is 0.727. The summed E-state index contributed by atoms with van der Waals surface area (Å²) in [6.07, 6.45) is 0.401. The predicted molar refractivity (Wildman–Crippen MR) is 127 cm³/mol. The van der Waals surface area contributed by atoms with E-state index in [2.05, 4.69) is 31.2 Å². The van der Waals surface area contributed by atoms with Crippen molar-refractivity contribution in [1.29, 1.82) is 0 Å². The number of carbonyl (C=O) groups is 6. The molecular formula is C22H42N2O13. The van der Waals surface area contributed by atoms with Crippen LogP contribution in [0.5, 0.6) is 0 Å². The number of aliphatic hydroxyl groups is 1. The Morgan fingerprint density at radius 3 is 1.51 bits per heavy atom. The second-order valence-corrected chi connectivity index (χ2v) is 8.36. The number of carbonyl (C=O) groups excluding carboxylic acids is 2. The highest BCUT2D eigenvalue weighted by Crippen LogP contribution is 2.02. The molecule has 1 fully saturated rings. The van der Waals surface area contributed by atoms with E-state index in [0.29, 0.717) is 6.42 Å². The Morgan fingerprint density at radius 1 is 0.973 bits per heavy atom. The van der Waals surface area contributed by atoms with Crippen molar-refractivity contribution in [1.82, 2.24) is 5.32 Å². The SMILES string of the molecule is CC(=O)O.CCC(OC(C)=O)C(=O)O.C[N+](C)(C)CCO.O=C(O)CCC(=O)O.O=C([O-])[C@@H]1CCCN1. The Bertz CT molecular complexity index is 667. The fourth-order valence-corrected chi connectivity index (χ4v) is 1.91. The van der Waals surface area contributed by atoms with Crippen LogP contribution < -0.4 is 10.4 Å². The maximum Gasteiger partial charge on any atom is 0.345 e. The third kappa shape index (κ3) is 43.2. The average Bonchev–Trinajstić information content (AvgIpc) is 3.25. The molecule has 1 aliphatic rings. The van der Waals surface area contributed by atoms with Gasteiger partial charge >= 0.3 is 23.9 Å². The summed E-state index contributed by atoms with van der Waals surface area (Å²) >= 11 is 0. The summed E-state index contributed by atoms with van der Waals surface area (Å²) in [6.45, 7) is 5.84. The van der Waals surface area contributed by atoms with Crippen LogP contribution in [0.2, 0.25) is 0 Å². The topological polar surface area (TPSA) is 248 Å². The molecule has 0 spiro atoms. The van der Waals surface area contributed by atoms with E-state index >= 15 is 0 Å². The number of nitrogens with one attached hydrogen (secondary N) is 1. The van der Waals surface area contributed by atoms with E-state index < -0.39 is 41.9 Å². The molecule has 37 heavy (non-hydrogen) atoms. The van der Waals surface area contributed by atoms with Gasteiger partial charge in [0.2, 0.25) is 0 Å². The summed E-state index contributed by atoms with van der Waals surface area (Å²) in [5.74, 6) is -5.62. The van der Waals surface area contributed by atoms with E-state index in [1.165, 1.54) is 6.92 Å². The number of quaternary nitrogens is 1. The number of nitrogens with zero attached hydrogens (tertiary/aromatic N) is 1. The molecule has 1 aliphatic heterocycles. The highest BCUT2D eigenvalue weighted by molar-refractivity contribution is 5.76. The van der Waals surface area contributed by atoms with E-state index in [0.717, 1.165) is 37.3 Å². The minimum Gasteiger partial charge on any atom is -0.548 e. The van der Waals surface area contributed by atoms with Crippen LogP contribution >= 0.6 is 0 Å². The molecule has 15 nitrogen and oxygen atoms in total. The molecule has 1 rings (SSSR count). The van der Waals surface area contributed by atoms with E-state index in [1.807, 2.05) is 0 Å². The van der Waals surface area contributed by atoms with Gasteiger partial charge in [-0.3, -0.25) is 19.2 Å². The van der Waals surface area contributed by atoms with Crippen LogP contribution in [-0.4, -0.2) is 119 Å². The van der Waals surface area contributed by atoms with E-state index in [9.17, 15) is 29.1 Å². The van der Waals surface area contributed by atoms with Gasteiger partial charge in [0.25, 0.3) is 5.97 Å². The molecule has 0 saturated carbocycles. The zero-order chi connectivity index (χ0) is 30.2. The molecule has 2 atom stereocenters. The minimum atomic E-state index is -1.10. The van der Waals surface area contributed by atoms with Gasteiger partial charge in [-0.25, -0.2) is 4.79 Å². The van der Waals surface area contributed by atoms with Crippen molar-refractivity contribution in [2.75, 3.05) is 40.8 Å². The standard InChI is InChI=1S/C6H10O4.C5H9NO2.C5H14NO.C4H6O4.C2H4O2/c1-3-5(6(8)9)10-4(2)7;7-5(8)4-2-1-3-6-4;1-6(2,3)4-5-7;5-3(6)1-2-4(7)8;1-2(3)4/h5H,3H2,1-2H3,(H,8,9);4,6H,1-3H2,(H,7,8);7H,4-5H2,1-3H3;1-2H2,(H,5,6)(H,7,8);1H3,(H,3,4)/q;;+1;;/p-1/t;4-;;;/m.0.../s1. The Kier molecular flexibility index (Phi) is 26.9. The Morgan fingerprint density at radius 2 is 1.41 bits per heavy atom. The lowest BCUT2D eigenvalue weighted by molar-refractivity contribution is -0.870. The molecule has 0 bridgehead atoms. The lowest BCUT2D eigenvalue weighted by atomic mass is 10.2. The first-order chi connectivity index (χ1) is 16.8. The molecule has 1 heterocycles. The molecule has 0 aromatic rings. The van der Waals surface area contributed by atoms with Crippen molar-refractivity contribution < 1.29 is 68.6 Å². The highest BCUT2D eigenvalue weighted by Gasteiger charge is 2.17. The van der Waals surface area contributed by atoms with E-state index in [4.69, 9.17) is 30.3 Å². The molecule has 218 valence electrons. The second kappa shape index (κ2) is 24.4. The number of hydrogen-bond acceptors (Lipinski definition) is 10. The number of carboxylic acid groups (broad SMARTS) is 5. The summed E-state index contributed by atoms with van der Waals surface area (Å²) in [7, 11) is 6.16. The minimum absolute atomic E-state index is 0.281. The van der Waals surface area contributed by atoms with Crippen LogP contribution in [0.1, 0.15) is 52.9 Å². The Balaban J connectivity index is -0.000000188. The molecule has 0 amide bonds. The Hall–Kier alpha value is -3.30. The lowest BCUT2D eigenvalue weighted by Crippen LogP contribution is -2.41. The Labute approximate surface area is 216 Å². The zero-order valence-electron chi connectivity index (χ0n) is 22.3. The number of aliphatic carboxylic acids is 5. The van der Waals surface area contributed by atoms with Gasteiger partial charge in [0.1, 0.15) is 6.54 Å². The maximum atomic E-state index is 10.2. The number of carboxylic acids is 5. The average molecular weight is 543 g/mol. The molecule has 1 saturated heterocycles. The van der Waals surface area contributed by atoms with Crippen LogP contribution in [0.4, 0.5) is 0 Å². The molecule has 0 radical (unpaired) electrons. The monoisotopic (exact) mass is 542 g/mol. The van der Waals surface area contributed by atoms with Crippen LogP contribution in [0, 0.1) is 0 Å². The summed E-state index contributed by atoms with van der Waals surface area (Å²) in [5.41, 5.74) is 0. The van der Waals surface area contributed by atoms with Crippen molar-refractivity contribution in [3.05, 3.63) is 0 Å². The first kappa shape index (κ1) is 40.9. The normalized spacial score (nSPS) is 14.2. The number of ether oxygens (including phenoxy) is 1. The maximum absolute atomic E-state index is 10.2. The summed E-state index contributed by atoms with van der Waals surface area (Å²) < 4.78 is 5.27. The van der Waals surface area contributed by atoms with Crippen LogP contribution in [0.15, 0.2) is 0 Å². The largest absolute Gasteiger partial charge is 0.548 e. The van der Waals surface area contributed by atoms with E-state index in [1.54, 1.807) is 6.92 Å². The molecule has 0 aromatic carbocycles. The van der Waals surface area contributed by atoms with Gasteiger partial charge in [0.05, 0.1) is 46.6 Å². The molecule has 15 heteroatoms. The predicted octanol–water partition coefficient (Wildman–Crippen LogP) is -1.39. The zero-order valence-corrected chi connectivity index (χ0v) is 22.3. The fourth-order valence-electron chi connectivity index (χ4n) is 1.91. The quantitative estimate of drug-likeness (QED) is 0.145. The smallest absolute Gasteiger partial charge is 0.345 e. The number of esters is 1. The van der Waals surface area contributed by atoms with Crippen molar-refractivity contribution in [3.8, 4) is 0 Å². The molecule has 1 unspecified atom stereocenters. The summed E-state index contributed by atoms with van der Waals surface area (Å²) in [4.78, 5) is 58.7. The number of hydrogen-bond donors (Lipinski definition) is 6. The van der Waals surface area contributed by atoms with Crippen molar-refractivity contribution in [2.24, 2.45) is 0 Å². The van der Waals surface area contributed by atoms with Crippen LogP contribution in [0.3, 0.4) is 0 Å². The lowest BCUT2D eigenvalue weighted by Gasteiger charge is -2.21. The van der Waals surface area contributed by atoms with Crippen molar-refractivity contribution in [3.63, 3.8) is 0 Å². The molecule has 6 N–H and O–H groups in total. The first-order valence-corrected chi connectivity index (χ1v) is 11.2. The molecule has 0 aromatic heterocycles. The van der Waals surface area contributed by atoms with Crippen LogP contribution in [-0.2, 0) is 33.5 Å².